The third kappa shape index (κ3) is 5.58. The smallest absolute Gasteiger partial charge is 0.248 e. The molecule has 0 spiro atoms. The van der Waals surface area contributed by atoms with Crippen LogP contribution < -0.4 is 5.73 Å². The van der Waals surface area contributed by atoms with E-state index in [2.05, 4.69) is 69.2 Å². The van der Waals surface area contributed by atoms with Crippen molar-refractivity contribution in [1.29, 1.82) is 0 Å². The molecule has 8 atom stereocenters. The van der Waals surface area contributed by atoms with Crippen molar-refractivity contribution in [3.8, 4) is 0 Å². The quantitative estimate of drug-likeness (QED) is 0.227. The van der Waals surface area contributed by atoms with Crippen LogP contribution in [-0.2, 0) is 30.0 Å². The predicted octanol–water partition coefficient (Wildman–Crippen LogP) is 5.57. The van der Waals surface area contributed by atoms with Gasteiger partial charge in [-0.1, -0.05) is 44.3 Å². The van der Waals surface area contributed by atoms with Gasteiger partial charge in [0.05, 0.1) is 19.0 Å². The van der Waals surface area contributed by atoms with E-state index in [4.69, 9.17) is 35.8 Å². The maximum Gasteiger partial charge on any atom is 0.248 e. The zero-order valence-electron chi connectivity index (χ0n) is 24.4. The van der Waals surface area contributed by atoms with Gasteiger partial charge in [0.2, 0.25) is 5.69 Å². The number of nitrogens with zero attached hydrogens (tertiary/aromatic N) is 4. The Morgan fingerprint density at radius 3 is 2.77 bits per heavy atom. The molecule has 0 amide bonds. The normalized spacial score (nSPS) is 36.7. The number of allylic oxidation sites excluding steroid dienone is 1. The number of ether oxygens (including phenoxy) is 1. The van der Waals surface area contributed by atoms with Gasteiger partial charge in [-0.25, -0.2) is 15.0 Å². The molecule has 5 rings (SSSR count). The van der Waals surface area contributed by atoms with Crippen LogP contribution in [0.25, 0.3) is 11.2 Å². The van der Waals surface area contributed by atoms with E-state index >= 15 is 0 Å². The molecular weight excluding hydrogens is 586 g/mol. The van der Waals surface area contributed by atoms with Gasteiger partial charge >= 0.3 is 0 Å². The highest BCUT2D eigenvalue weighted by atomic mass is 32.9. The summed E-state index contributed by atoms with van der Waals surface area (Å²) in [6, 6.07) is 0. The third-order valence-electron chi connectivity index (χ3n) is 9.05. The average molecular weight is 628 g/mol. The third-order valence-corrected chi connectivity index (χ3v) is 19.3. The predicted molar refractivity (Wildman–Crippen MR) is 165 cm³/mol. The fraction of sp³-hybridized carbons (Fsp3) is 0.731. The van der Waals surface area contributed by atoms with Gasteiger partial charge in [-0.15, -0.1) is 0 Å². The molecule has 2 aliphatic heterocycles. The van der Waals surface area contributed by atoms with Crippen molar-refractivity contribution in [2.75, 3.05) is 12.3 Å². The molecule has 4 heterocycles. The van der Waals surface area contributed by atoms with E-state index in [1.165, 1.54) is 11.9 Å². The van der Waals surface area contributed by atoms with Gasteiger partial charge in [0.1, 0.15) is 30.2 Å². The van der Waals surface area contributed by atoms with E-state index in [1.54, 1.807) is 22.3 Å². The lowest BCUT2D eigenvalue weighted by Gasteiger charge is -2.40. The largest absolute Gasteiger partial charge is 0.408 e. The van der Waals surface area contributed by atoms with Crippen LogP contribution in [0.5, 0.6) is 0 Å². The van der Waals surface area contributed by atoms with Gasteiger partial charge in [-0.3, -0.25) is 4.57 Å². The van der Waals surface area contributed by atoms with Crippen LogP contribution in [0, 0.1) is 5.92 Å². The van der Waals surface area contributed by atoms with E-state index in [-0.39, 0.29) is 28.3 Å². The van der Waals surface area contributed by atoms with Crippen molar-refractivity contribution in [2.24, 2.45) is 5.92 Å². The van der Waals surface area contributed by atoms with E-state index < -0.39 is 38.6 Å². The maximum atomic E-state index is 11.6. The molecule has 0 aromatic carbocycles. The number of anilines is 1. The van der Waals surface area contributed by atoms with Gasteiger partial charge in [0.15, 0.2) is 26.0 Å². The number of fused-ring (bicyclic) bond motifs is 2. The minimum Gasteiger partial charge on any atom is -0.408 e. The minimum absolute atomic E-state index is 0.0309. The van der Waals surface area contributed by atoms with E-state index in [0.29, 0.717) is 17.1 Å². The first-order valence-electron chi connectivity index (χ1n) is 13.8. The summed E-state index contributed by atoms with van der Waals surface area (Å²) in [6.45, 7) is 19.5. The molecule has 0 radical (unpaired) electrons. The van der Waals surface area contributed by atoms with Crippen molar-refractivity contribution in [2.45, 2.75) is 107 Å². The van der Waals surface area contributed by atoms with Crippen LogP contribution in [0.15, 0.2) is 24.8 Å². The lowest BCUT2D eigenvalue weighted by Crippen LogP contribution is -2.49. The second-order valence-electron chi connectivity index (χ2n) is 13.0. The van der Waals surface area contributed by atoms with Crippen molar-refractivity contribution in [1.82, 2.24) is 19.5 Å². The fourth-order valence-corrected chi connectivity index (χ4v) is 13.9. The lowest BCUT2D eigenvalue weighted by atomic mass is 9.77. The Morgan fingerprint density at radius 2 is 2.10 bits per heavy atom. The molecule has 10 nitrogen and oxygen atoms in total. The summed E-state index contributed by atoms with van der Waals surface area (Å²) in [5, 5.41) is 11.6. The van der Waals surface area contributed by atoms with Crippen LogP contribution >= 0.6 is 17.1 Å². The summed E-state index contributed by atoms with van der Waals surface area (Å²) >= 11 is 7.70. The molecule has 40 heavy (non-hydrogen) atoms. The van der Waals surface area contributed by atoms with Crippen molar-refractivity contribution < 1.29 is 23.3 Å². The first-order valence-corrected chi connectivity index (χ1v) is 20.7. The highest BCUT2D eigenvalue weighted by Crippen LogP contribution is 2.75. The molecule has 1 aliphatic carbocycles. The number of aliphatic hydroxyl groups is 1. The fourth-order valence-electron chi connectivity index (χ4n) is 5.41. The molecule has 14 heteroatoms. The molecule has 3 N–H and O–H groups in total. The van der Waals surface area contributed by atoms with Crippen LogP contribution in [0.1, 0.15) is 60.1 Å². The molecule has 1 unspecified atom stereocenters. The van der Waals surface area contributed by atoms with Crippen molar-refractivity contribution in [3.63, 3.8) is 0 Å². The van der Waals surface area contributed by atoms with Crippen molar-refractivity contribution >= 4 is 54.2 Å². The van der Waals surface area contributed by atoms with E-state index in [1.807, 2.05) is 0 Å². The highest BCUT2D eigenvalue weighted by Gasteiger charge is 2.55. The number of imidazole rings is 1. The van der Waals surface area contributed by atoms with Crippen LogP contribution in [-0.4, -0.2) is 68.7 Å². The number of nitrogen functional groups attached to an aromatic ring is 1. The molecule has 222 valence electrons. The SMILES string of the molecule is C=C(C)[C@@H]1CC[C@]2(C)SP(=S)(OC[C@H]3O[C@@H](n4cnc5c(N)ncnc54)[C@H](O)[C@@H]3O[Si](C)(C)C(C)(C)C)O[C@H]2C1. The van der Waals surface area contributed by atoms with E-state index in [9.17, 15) is 5.11 Å². The molecule has 2 aromatic heterocycles. The molecule has 3 fully saturated rings. The maximum absolute atomic E-state index is 11.6. The summed E-state index contributed by atoms with van der Waals surface area (Å²) in [6.07, 6.45) is 2.98. The highest BCUT2D eigenvalue weighted by molar-refractivity contribution is 8.68. The Balaban J connectivity index is 1.38. The molecule has 1 saturated carbocycles. The molecule has 2 saturated heterocycles. The van der Waals surface area contributed by atoms with Crippen LogP contribution in [0.4, 0.5) is 5.82 Å². The van der Waals surface area contributed by atoms with Gasteiger partial charge in [-0.05, 0) is 69.0 Å². The zero-order valence-corrected chi connectivity index (χ0v) is 27.9. The summed E-state index contributed by atoms with van der Waals surface area (Å²) in [4.78, 5) is 12.7. The van der Waals surface area contributed by atoms with Crippen molar-refractivity contribution in [3.05, 3.63) is 24.8 Å². The van der Waals surface area contributed by atoms with Crippen LogP contribution in [0.2, 0.25) is 18.1 Å². The number of rotatable bonds is 7. The number of nitrogens with two attached hydrogens (primary N) is 1. The number of aliphatic hydroxyl groups excluding tert-OH is 1. The second-order valence-corrected chi connectivity index (χ2v) is 24.4. The first-order chi connectivity index (χ1) is 18.5. The second kappa shape index (κ2) is 10.7. The topological polar surface area (TPSA) is 127 Å². The molecule has 2 aromatic rings. The van der Waals surface area contributed by atoms with Gasteiger partial charge in [0, 0.05) is 4.75 Å². The van der Waals surface area contributed by atoms with Gasteiger partial charge in [-0.2, -0.15) is 0 Å². The Kier molecular flexibility index (Phi) is 8.16. The minimum atomic E-state index is -2.65. The summed E-state index contributed by atoms with van der Waals surface area (Å²) in [7, 11) is -2.29. The number of aromatic nitrogens is 4. The summed E-state index contributed by atoms with van der Waals surface area (Å²) < 4.78 is 27.8. The number of hydrogen-bond acceptors (Lipinski definition) is 11. The zero-order chi connectivity index (χ0) is 29.3. The van der Waals surface area contributed by atoms with E-state index in [0.717, 1.165) is 19.3 Å². The Labute approximate surface area is 246 Å². The Morgan fingerprint density at radius 1 is 1.38 bits per heavy atom. The van der Waals surface area contributed by atoms with Gasteiger partial charge in [0.25, 0.3) is 0 Å². The van der Waals surface area contributed by atoms with Crippen LogP contribution in [0.3, 0.4) is 0 Å². The molecular formula is C26H42N5O5PS2Si. The lowest BCUT2D eigenvalue weighted by molar-refractivity contribution is -0.0475. The Hall–Kier alpha value is -0.893. The molecule has 3 aliphatic rings. The monoisotopic (exact) mass is 627 g/mol. The molecule has 0 bridgehead atoms. The van der Waals surface area contributed by atoms with Gasteiger partial charge < -0.3 is 29.1 Å². The Bertz CT molecular complexity index is 1340. The summed E-state index contributed by atoms with van der Waals surface area (Å²) in [5.74, 6) is 0.710. The summed E-state index contributed by atoms with van der Waals surface area (Å²) in [5.41, 5.74) is 5.49. The first kappa shape index (κ1) is 30.6. The average Bonchev–Trinajstić information content (AvgIpc) is 3.48. The standard InChI is InChI=1S/C26H42N5O5PS2Si/c1-15(2)16-9-10-26(6)18(11-16)35-37(38,39-26)33-12-17-21(36-40(7,8)25(3,4)5)20(32)24(34-17)31-14-30-19-22(27)28-13-29-23(19)31/h13-14,16-18,20-21,24,32H,1,9-12H2,2-8H3,(H2,27,28,29)/t16-,17-,18+,20-,21-,24-,26+,37?/m1/s1. The number of hydrogen-bond donors (Lipinski definition) is 2.